The zero-order valence-electron chi connectivity index (χ0n) is 16.9. The van der Waals surface area contributed by atoms with E-state index in [-0.39, 0.29) is 6.54 Å². The van der Waals surface area contributed by atoms with Crippen molar-refractivity contribution in [3.8, 4) is 0 Å². The SMILES string of the molecule is CCN(CCNS(C)(=O)=O)c1ccc(NC(=O)OCCS(=O)(=O)CS(=O)[O-])c(C)c1. The number of likely N-dealkylation sites (N-methyl/N-ethyl adjacent to an activating group) is 1. The number of anilines is 2. The molecular weight excluding hydrogens is 458 g/mol. The van der Waals surface area contributed by atoms with Crippen LogP contribution in [0, 0.1) is 6.92 Å². The fraction of sp³-hybridized carbons (Fsp3) is 0.562. The van der Waals surface area contributed by atoms with Gasteiger partial charge in [0.05, 0.1) is 12.0 Å². The summed E-state index contributed by atoms with van der Waals surface area (Å²) in [5.41, 5.74) is 2.01. The van der Waals surface area contributed by atoms with E-state index < -0.39 is 54.5 Å². The van der Waals surface area contributed by atoms with Crippen molar-refractivity contribution in [1.82, 2.24) is 4.72 Å². The summed E-state index contributed by atoms with van der Waals surface area (Å²) in [6.07, 6.45) is 0.224. The Morgan fingerprint density at radius 3 is 2.47 bits per heavy atom. The molecule has 1 rings (SSSR count). The lowest BCUT2D eigenvalue weighted by Gasteiger charge is -2.24. The molecule has 14 heteroatoms. The number of carbonyl (C=O) groups is 1. The maximum Gasteiger partial charge on any atom is 0.411 e. The van der Waals surface area contributed by atoms with Gasteiger partial charge in [0.25, 0.3) is 0 Å². The summed E-state index contributed by atoms with van der Waals surface area (Å²) in [5, 5.41) is 1.47. The molecule has 30 heavy (non-hydrogen) atoms. The van der Waals surface area contributed by atoms with Crippen molar-refractivity contribution in [2.75, 3.05) is 53.6 Å². The number of nitrogens with zero attached hydrogens (tertiary/aromatic N) is 1. The van der Waals surface area contributed by atoms with Crippen molar-refractivity contribution in [2.45, 2.75) is 13.8 Å². The molecule has 1 aromatic carbocycles. The van der Waals surface area contributed by atoms with Gasteiger partial charge in [0.15, 0.2) is 9.84 Å². The average molecular weight is 485 g/mol. The van der Waals surface area contributed by atoms with Crippen LogP contribution in [0.4, 0.5) is 16.2 Å². The molecule has 2 N–H and O–H groups in total. The first kappa shape index (κ1) is 26.3. The van der Waals surface area contributed by atoms with Gasteiger partial charge in [0.1, 0.15) is 11.7 Å². The number of sulfone groups is 1. The minimum absolute atomic E-state index is 0.251. The van der Waals surface area contributed by atoms with E-state index >= 15 is 0 Å². The second-order valence-electron chi connectivity index (χ2n) is 6.38. The highest BCUT2D eigenvalue weighted by Crippen LogP contribution is 2.22. The van der Waals surface area contributed by atoms with Crippen LogP contribution in [0.1, 0.15) is 12.5 Å². The van der Waals surface area contributed by atoms with Gasteiger partial charge in [-0.15, -0.1) is 0 Å². The van der Waals surface area contributed by atoms with E-state index in [9.17, 15) is 30.4 Å². The molecule has 0 bridgehead atoms. The van der Waals surface area contributed by atoms with E-state index in [1.165, 1.54) is 0 Å². The summed E-state index contributed by atoms with van der Waals surface area (Å²) < 4.78 is 73.4. The lowest BCUT2D eigenvalue weighted by Crippen LogP contribution is -2.34. The molecule has 1 aromatic rings. The smallest absolute Gasteiger partial charge is 0.411 e. The third-order valence-electron chi connectivity index (χ3n) is 3.84. The first-order chi connectivity index (χ1) is 13.8. The number of hydrogen-bond donors (Lipinski definition) is 2. The molecule has 11 nitrogen and oxygen atoms in total. The monoisotopic (exact) mass is 484 g/mol. The predicted molar refractivity (Wildman–Crippen MR) is 114 cm³/mol. The zero-order valence-corrected chi connectivity index (χ0v) is 19.4. The van der Waals surface area contributed by atoms with Gasteiger partial charge in [-0.25, -0.2) is 26.4 Å². The molecule has 0 fully saturated rings. The molecule has 1 amide bonds. The van der Waals surface area contributed by atoms with Crippen molar-refractivity contribution in [3.05, 3.63) is 23.8 Å². The van der Waals surface area contributed by atoms with Crippen molar-refractivity contribution in [2.24, 2.45) is 0 Å². The summed E-state index contributed by atoms with van der Waals surface area (Å²) >= 11 is -2.73. The number of rotatable bonds is 12. The van der Waals surface area contributed by atoms with Crippen molar-refractivity contribution >= 4 is 48.4 Å². The summed E-state index contributed by atoms with van der Waals surface area (Å²) in [7, 11) is -7.13. The molecule has 0 spiro atoms. The van der Waals surface area contributed by atoms with E-state index in [2.05, 4.69) is 10.0 Å². The van der Waals surface area contributed by atoms with Crippen LogP contribution in [-0.2, 0) is 35.7 Å². The number of amides is 1. The van der Waals surface area contributed by atoms with E-state index in [1.54, 1.807) is 19.1 Å². The quantitative estimate of drug-likeness (QED) is 0.394. The lowest BCUT2D eigenvalue weighted by atomic mass is 10.1. The lowest BCUT2D eigenvalue weighted by molar-refractivity contribution is 0.168. The molecule has 0 radical (unpaired) electrons. The number of benzene rings is 1. The van der Waals surface area contributed by atoms with Gasteiger partial charge in [0.2, 0.25) is 10.0 Å². The predicted octanol–water partition coefficient (Wildman–Crippen LogP) is 0.170. The molecule has 0 aliphatic carbocycles. The third kappa shape index (κ3) is 10.3. The van der Waals surface area contributed by atoms with E-state index in [0.717, 1.165) is 11.9 Å². The maximum absolute atomic E-state index is 11.9. The summed E-state index contributed by atoms with van der Waals surface area (Å²) in [6.45, 7) is 4.56. The number of carbonyl (C=O) groups excluding carboxylic acids is 1. The van der Waals surface area contributed by atoms with Crippen LogP contribution in [0.3, 0.4) is 0 Å². The maximum atomic E-state index is 11.9. The van der Waals surface area contributed by atoms with E-state index in [0.29, 0.717) is 24.3 Å². The van der Waals surface area contributed by atoms with Crippen LogP contribution < -0.4 is 14.9 Å². The Kier molecular flexibility index (Phi) is 10.2. The second kappa shape index (κ2) is 11.6. The molecule has 1 unspecified atom stereocenters. The molecule has 0 aliphatic heterocycles. The van der Waals surface area contributed by atoms with Crippen molar-refractivity contribution in [1.29, 1.82) is 0 Å². The van der Waals surface area contributed by atoms with Crippen LogP contribution in [0.2, 0.25) is 0 Å². The summed E-state index contributed by atoms with van der Waals surface area (Å²) in [4.78, 5) is 13.8. The van der Waals surface area contributed by atoms with E-state index in [1.807, 2.05) is 17.9 Å². The average Bonchev–Trinajstić information content (AvgIpc) is 2.58. The first-order valence-corrected chi connectivity index (χ1v) is 13.8. The van der Waals surface area contributed by atoms with Crippen molar-refractivity contribution < 1.29 is 35.1 Å². The number of ether oxygens (including phenoxy) is 1. The Balaban J connectivity index is 2.64. The Morgan fingerprint density at radius 2 is 1.93 bits per heavy atom. The van der Waals surface area contributed by atoms with Gasteiger partial charge in [0, 0.05) is 31.0 Å². The highest BCUT2D eigenvalue weighted by atomic mass is 32.3. The first-order valence-electron chi connectivity index (χ1n) is 8.83. The molecule has 0 heterocycles. The second-order valence-corrected chi connectivity index (χ2v) is 11.7. The van der Waals surface area contributed by atoms with Crippen LogP contribution in [0.25, 0.3) is 0 Å². The Labute approximate surface area is 179 Å². The Morgan fingerprint density at radius 1 is 1.27 bits per heavy atom. The molecule has 0 aromatic heterocycles. The highest BCUT2D eigenvalue weighted by molar-refractivity contribution is 8.03. The standard InChI is InChI=1S/C16H27N3O8S3/c1-4-19(8-7-17-29(3,23)24)14-5-6-15(13(2)11-14)18-16(20)27-9-10-30(25,26)12-28(21)22/h5-6,11,17H,4,7-10,12H2,1-3H3,(H,18,20)(H,21,22)/p-1. The molecular formula is C16H26N3O8S3-. The van der Waals surface area contributed by atoms with Crippen LogP contribution >= 0.6 is 0 Å². The largest absolute Gasteiger partial charge is 0.772 e. The summed E-state index contributed by atoms with van der Waals surface area (Å²) in [6, 6.07) is 5.21. The van der Waals surface area contributed by atoms with Crippen LogP contribution in [0.5, 0.6) is 0 Å². The third-order valence-corrected chi connectivity index (χ3v) is 7.57. The minimum atomic E-state index is -3.86. The van der Waals surface area contributed by atoms with Gasteiger partial charge in [-0.3, -0.25) is 9.53 Å². The van der Waals surface area contributed by atoms with Crippen LogP contribution in [-0.4, -0.2) is 75.0 Å². The fourth-order valence-electron chi connectivity index (χ4n) is 2.43. The molecule has 0 saturated carbocycles. The number of nitrogens with one attached hydrogen (secondary N) is 2. The van der Waals surface area contributed by atoms with Gasteiger partial charge in [-0.1, -0.05) is 0 Å². The number of sulfonamides is 1. The Hall–Kier alpha value is -1.74. The molecule has 1 atom stereocenters. The topological polar surface area (TPSA) is 162 Å². The van der Waals surface area contributed by atoms with Gasteiger partial charge < -0.3 is 14.2 Å². The number of aryl methyl sites for hydroxylation is 1. The van der Waals surface area contributed by atoms with Gasteiger partial charge >= 0.3 is 6.09 Å². The van der Waals surface area contributed by atoms with Gasteiger partial charge in [-0.2, -0.15) is 0 Å². The fourth-order valence-corrected chi connectivity index (χ4v) is 4.88. The molecule has 0 saturated heterocycles. The van der Waals surface area contributed by atoms with E-state index in [4.69, 9.17) is 4.74 Å². The van der Waals surface area contributed by atoms with Crippen LogP contribution in [0.15, 0.2) is 18.2 Å². The Bertz CT molecular complexity index is 964. The summed E-state index contributed by atoms with van der Waals surface area (Å²) in [5.74, 6) is -0.598. The zero-order chi connectivity index (χ0) is 22.9. The van der Waals surface area contributed by atoms with Gasteiger partial charge in [-0.05, 0) is 48.7 Å². The molecule has 0 aliphatic rings. The molecule has 172 valence electrons. The normalized spacial score (nSPS) is 12.9. The highest BCUT2D eigenvalue weighted by Gasteiger charge is 2.14. The minimum Gasteiger partial charge on any atom is -0.772 e. The number of hydrogen-bond acceptors (Lipinski definition) is 9. The van der Waals surface area contributed by atoms with Crippen molar-refractivity contribution in [3.63, 3.8) is 0 Å².